The van der Waals surface area contributed by atoms with Crippen LogP contribution in [-0.4, -0.2) is 34.5 Å². The zero-order chi connectivity index (χ0) is 10.7. The van der Waals surface area contributed by atoms with Crippen molar-refractivity contribution in [3.63, 3.8) is 0 Å². The molecule has 1 saturated heterocycles. The van der Waals surface area contributed by atoms with Crippen LogP contribution in [0.4, 0.5) is 0 Å². The maximum atomic E-state index is 9.76. The van der Waals surface area contributed by atoms with Gasteiger partial charge in [0.2, 0.25) is 0 Å². The van der Waals surface area contributed by atoms with Gasteiger partial charge in [-0.05, 0) is 18.6 Å². The van der Waals surface area contributed by atoms with Crippen LogP contribution in [0.1, 0.15) is 23.7 Å². The minimum atomic E-state index is -0.486. The molecular formula is C11H15NO3. The van der Waals surface area contributed by atoms with Crippen molar-refractivity contribution in [3.8, 4) is 0 Å². The van der Waals surface area contributed by atoms with E-state index in [0.29, 0.717) is 18.9 Å². The predicted octanol–water partition coefficient (Wildman–Crippen LogP) is 0.439. The Kier molecular flexibility index (Phi) is 3.30. The predicted molar refractivity (Wildman–Crippen MR) is 54.3 cm³/mol. The van der Waals surface area contributed by atoms with E-state index in [0.717, 1.165) is 12.1 Å². The van der Waals surface area contributed by atoms with Gasteiger partial charge < -0.3 is 14.9 Å². The quantitative estimate of drug-likeness (QED) is 0.742. The van der Waals surface area contributed by atoms with Crippen LogP contribution in [0, 0.1) is 0 Å². The van der Waals surface area contributed by atoms with Crippen LogP contribution >= 0.6 is 0 Å². The zero-order valence-corrected chi connectivity index (χ0v) is 8.47. The van der Waals surface area contributed by atoms with Crippen LogP contribution in [0.25, 0.3) is 0 Å². The number of aliphatic hydroxyl groups is 2. The van der Waals surface area contributed by atoms with E-state index >= 15 is 0 Å². The van der Waals surface area contributed by atoms with Crippen molar-refractivity contribution < 1.29 is 14.9 Å². The highest BCUT2D eigenvalue weighted by Gasteiger charge is 2.26. The van der Waals surface area contributed by atoms with E-state index in [1.807, 2.05) is 12.1 Å². The summed E-state index contributed by atoms with van der Waals surface area (Å²) in [6.07, 6.45) is 0.295. The molecule has 2 rings (SSSR count). The normalized spacial score (nSPS) is 26.5. The molecule has 0 aromatic carbocycles. The first-order chi connectivity index (χ1) is 7.31. The first-order valence-electron chi connectivity index (χ1n) is 5.14. The van der Waals surface area contributed by atoms with Gasteiger partial charge in [-0.1, -0.05) is 6.07 Å². The zero-order valence-electron chi connectivity index (χ0n) is 8.47. The van der Waals surface area contributed by atoms with Gasteiger partial charge in [-0.3, -0.25) is 4.98 Å². The van der Waals surface area contributed by atoms with Crippen molar-refractivity contribution in [2.45, 2.75) is 25.0 Å². The SMILES string of the molecule is OCc1cccc(C2CCOCC2O)n1. The third kappa shape index (κ3) is 2.34. The molecule has 1 aromatic rings. The summed E-state index contributed by atoms with van der Waals surface area (Å²) in [4.78, 5) is 4.30. The summed E-state index contributed by atoms with van der Waals surface area (Å²) in [6, 6.07) is 5.52. The van der Waals surface area contributed by atoms with Gasteiger partial charge in [-0.15, -0.1) is 0 Å². The molecule has 2 atom stereocenters. The topological polar surface area (TPSA) is 62.6 Å². The van der Waals surface area contributed by atoms with Gasteiger partial charge in [-0.25, -0.2) is 0 Å². The molecule has 0 bridgehead atoms. The lowest BCUT2D eigenvalue weighted by Gasteiger charge is -2.27. The summed E-state index contributed by atoms with van der Waals surface area (Å²) in [5, 5.41) is 18.7. The van der Waals surface area contributed by atoms with Crippen LogP contribution in [-0.2, 0) is 11.3 Å². The van der Waals surface area contributed by atoms with E-state index in [-0.39, 0.29) is 12.5 Å². The van der Waals surface area contributed by atoms with E-state index in [1.165, 1.54) is 0 Å². The first-order valence-corrected chi connectivity index (χ1v) is 5.14. The fourth-order valence-electron chi connectivity index (χ4n) is 1.86. The summed E-state index contributed by atoms with van der Waals surface area (Å²) < 4.78 is 5.16. The van der Waals surface area contributed by atoms with Gasteiger partial charge in [0.25, 0.3) is 0 Å². The Morgan fingerprint density at radius 1 is 1.47 bits per heavy atom. The van der Waals surface area contributed by atoms with Gasteiger partial charge in [0.05, 0.1) is 25.0 Å². The minimum Gasteiger partial charge on any atom is -0.390 e. The Hall–Kier alpha value is -0.970. The Morgan fingerprint density at radius 3 is 3.07 bits per heavy atom. The Labute approximate surface area is 88.5 Å². The molecule has 2 heterocycles. The number of hydrogen-bond donors (Lipinski definition) is 2. The van der Waals surface area contributed by atoms with Crippen molar-refractivity contribution in [1.82, 2.24) is 4.98 Å². The fourth-order valence-corrected chi connectivity index (χ4v) is 1.86. The van der Waals surface area contributed by atoms with Gasteiger partial charge in [0.15, 0.2) is 0 Å². The average Bonchev–Trinajstić information content (AvgIpc) is 2.30. The highest BCUT2D eigenvalue weighted by Crippen LogP contribution is 2.25. The van der Waals surface area contributed by atoms with Gasteiger partial charge in [-0.2, -0.15) is 0 Å². The molecule has 1 aliphatic rings. The Bertz CT molecular complexity index is 329. The van der Waals surface area contributed by atoms with Gasteiger partial charge >= 0.3 is 0 Å². The number of rotatable bonds is 2. The summed E-state index contributed by atoms with van der Waals surface area (Å²) in [5.74, 6) is 0.0326. The van der Waals surface area contributed by atoms with Crippen LogP contribution in [0.3, 0.4) is 0 Å². The van der Waals surface area contributed by atoms with Crippen molar-refractivity contribution in [1.29, 1.82) is 0 Å². The van der Waals surface area contributed by atoms with E-state index < -0.39 is 6.10 Å². The molecule has 4 nitrogen and oxygen atoms in total. The van der Waals surface area contributed by atoms with E-state index in [4.69, 9.17) is 9.84 Å². The molecule has 0 amide bonds. The van der Waals surface area contributed by atoms with Crippen molar-refractivity contribution in [3.05, 3.63) is 29.6 Å². The Morgan fingerprint density at radius 2 is 2.33 bits per heavy atom. The molecule has 15 heavy (non-hydrogen) atoms. The molecular weight excluding hydrogens is 194 g/mol. The second kappa shape index (κ2) is 4.70. The number of pyridine rings is 1. The maximum absolute atomic E-state index is 9.76. The van der Waals surface area contributed by atoms with Crippen molar-refractivity contribution in [2.75, 3.05) is 13.2 Å². The van der Waals surface area contributed by atoms with E-state index in [9.17, 15) is 5.11 Å². The maximum Gasteiger partial charge on any atom is 0.0857 e. The molecule has 0 saturated carbocycles. The van der Waals surface area contributed by atoms with Crippen LogP contribution in [0.5, 0.6) is 0 Å². The smallest absolute Gasteiger partial charge is 0.0857 e. The molecule has 4 heteroatoms. The van der Waals surface area contributed by atoms with Gasteiger partial charge in [0.1, 0.15) is 0 Å². The number of ether oxygens (including phenoxy) is 1. The number of aliphatic hydroxyl groups excluding tert-OH is 2. The third-order valence-corrected chi connectivity index (χ3v) is 2.70. The third-order valence-electron chi connectivity index (χ3n) is 2.70. The number of nitrogens with zero attached hydrogens (tertiary/aromatic N) is 1. The highest BCUT2D eigenvalue weighted by atomic mass is 16.5. The minimum absolute atomic E-state index is 0.0326. The largest absolute Gasteiger partial charge is 0.390 e. The number of aromatic nitrogens is 1. The molecule has 2 unspecified atom stereocenters. The summed E-state index contributed by atoms with van der Waals surface area (Å²) in [6.45, 7) is 0.968. The second-order valence-corrected chi connectivity index (χ2v) is 3.75. The van der Waals surface area contributed by atoms with Crippen LogP contribution < -0.4 is 0 Å². The monoisotopic (exact) mass is 209 g/mol. The molecule has 82 valence electrons. The fraction of sp³-hybridized carbons (Fsp3) is 0.545. The average molecular weight is 209 g/mol. The second-order valence-electron chi connectivity index (χ2n) is 3.75. The lowest BCUT2D eigenvalue weighted by molar-refractivity contribution is -0.0214. The van der Waals surface area contributed by atoms with Crippen LogP contribution in [0.2, 0.25) is 0 Å². The lowest BCUT2D eigenvalue weighted by atomic mass is 9.93. The molecule has 1 fully saturated rings. The lowest BCUT2D eigenvalue weighted by Crippen LogP contribution is -2.31. The standard InChI is InChI=1S/C11H15NO3/c13-6-8-2-1-3-10(12-8)9-4-5-15-7-11(9)14/h1-3,9,11,13-14H,4-7H2. The summed E-state index contributed by atoms with van der Waals surface area (Å²) >= 11 is 0. The molecule has 0 spiro atoms. The van der Waals surface area contributed by atoms with Crippen molar-refractivity contribution >= 4 is 0 Å². The molecule has 1 aromatic heterocycles. The highest BCUT2D eigenvalue weighted by molar-refractivity contribution is 5.16. The summed E-state index contributed by atoms with van der Waals surface area (Å²) in [7, 11) is 0. The Balaban J connectivity index is 2.19. The molecule has 0 aliphatic carbocycles. The molecule has 2 N–H and O–H groups in total. The van der Waals surface area contributed by atoms with Gasteiger partial charge in [0, 0.05) is 18.2 Å². The van der Waals surface area contributed by atoms with E-state index in [2.05, 4.69) is 4.98 Å². The number of hydrogen-bond acceptors (Lipinski definition) is 4. The van der Waals surface area contributed by atoms with E-state index in [1.54, 1.807) is 6.07 Å². The van der Waals surface area contributed by atoms with Crippen LogP contribution in [0.15, 0.2) is 18.2 Å². The summed E-state index contributed by atoms with van der Waals surface area (Å²) in [5.41, 5.74) is 1.49. The first kappa shape index (κ1) is 10.5. The molecule has 1 aliphatic heterocycles. The molecule has 0 radical (unpaired) electrons. The van der Waals surface area contributed by atoms with Crippen molar-refractivity contribution in [2.24, 2.45) is 0 Å².